The number of aromatic nitrogens is 3. The fraction of sp³-hybridized carbons (Fsp3) is 0.333. The van der Waals surface area contributed by atoms with Crippen LogP contribution in [0.15, 0.2) is 60.8 Å². The lowest BCUT2D eigenvalue weighted by Crippen LogP contribution is -2.45. The van der Waals surface area contributed by atoms with Gasteiger partial charge >= 0.3 is 0 Å². The normalized spacial score (nSPS) is 14.1. The second kappa shape index (κ2) is 12.8. The Bertz CT molecular complexity index is 1510. The van der Waals surface area contributed by atoms with Gasteiger partial charge in [0.2, 0.25) is 5.95 Å². The fourth-order valence-corrected chi connectivity index (χ4v) is 4.73. The van der Waals surface area contributed by atoms with Gasteiger partial charge in [-0.05, 0) is 62.5 Å². The van der Waals surface area contributed by atoms with Crippen molar-refractivity contribution in [1.82, 2.24) is 35.0 Å². The molecule has 2 amide bonds. The molecule has 3 heterocycles. The average Bonchev–Trinajstić information content (AvgIpc) is 3.30. The van der Waals surface area contributed by atoms with Crippen LogP contribution in [0.4, 0.5) is 11.6 Å². The number of pyridine rings is 1. The maximum Gasteiger partial charge on any atom is 0.269 e. The molecule has 1 fully saturated rings. The van der Waals surface area contributed by atoms with Gasteiger partial charge in [0.25, 0.3) is 11.8 Å². The maximum absolute atomic E-state index is 12.6. The number of aryl methyl sites for hydroxylation is 1. The predicted octanol–water partition coefficient (Wildman–Crippen LogP) is 3.23. The monoisotopic (exact) mass is 556 g/mol. The van der Waals surface area contributed by atoms with Gasteiger partial charge < -0.3 is 35.1 Å². The van der Waals surface area contributed by atoms with E-state index < -0.39 is 0 Å². The first-order valence-electron chi connectivity index (χ1n) is 13.8. The first-order chi connectivity index (χ1) is 19.9. The Kier molecular flexibility index (Phi) is 8.76. The minimum Gasteiger partial charge on any atom is -0.457 e. The number of nitrogens with zero attached hydrogens (tertiary/aromatic N) is 5. The zero-order valence-corrected chi connectivity index (χ0v) is 23.7. The number of fused-ring (bicyclic) bond motifs is 1. The number of carbonyl (C=O) groups excluding carboxylic acids is 2. The zero-order valence-electron chi connectivity index (χ0n) is 23.7. The van der Waals surface area contributed by atoms with E-state index in [1.807, 2.05) is 54.1 Å². The lowest BCUT2D eigenvalue weighted by molar-refractivity contribution is 0.0944. The molecule has 1 aliphatic rings. The third-order valence-corrected chi connectivity index (χ3v) is 7.21. The van der Waals surface area contributed by atoms with E-state index in [1.165, 1.54) is 6.20 Å². The fourth-order valence-electron chi connectivity index (χ4n) is 4.73. The van der Waals surface area contributed by atoms with E-state index in [-0.39, 0.29) is 17.5 Å². The second-order valence-corrected chi connectivity index (χ2v) is 10.2. The highest BCUT2D eigenvalue weighted by Crippen LogP contribution is 2.28. The van der Waals surface area contributed by atoms with Crippen LogP contribution in [0, 0.1) is 0 Å². The molecule has 4 aromatic rings. The predicted molar refractivity (Wildman–Crippen MR) is 159 cm³/mol. The smallest absolute Gasteiger partial charge is 0.269 e. The van der Waals surface area contributed by atoms with Crippen LogP contribution in [0.3, 0.4) is 0 Å². The van der Waals surface area contributed by atoms with Crippen molar-refractivity contribution < 1.29 is 14.3 Å². The third kappa shape index (κ3) is 7.00. The minimum absolute atomic E-state index is 0.0678. The van der Waals surface area contributed by atoms with E-state index >= 15 is 0 Å². The van der Waals surface area contributed by atoms with Gasteiger partial charge in [-0.15, -0.1) is 0 Å². The summed E-state index contributed by atoms with van der Waals surface area (Å²) >= 11 is 0. The number of ether oxygens (including phenoxy) is 1. The summed E-state index contributed by atoms with van der Waals surface area (Å²) in [4.78, 5) is 38.1. The molecule has 1 saturated heterocycles. The largest absolute Gasteiger partial charge is 0.457 e. The highest BCUT2D eigenvalue weighted by Gasteiger charge is 2.14. The van der Waals surface area contributed by atoms with E-state index in [9.17, 15) is 9.59 Å². The molecule has 0 bridgehead atoms. The second-order valence-electron chi connectivity index (χ2n) is 10.2. The van der Waals surface area contributed by atoms with E-state index in [1.54, 1.807) is 19.2 Å². The van der Waals surface area contributed by atoms with E-state index in [0.29, 0.717) is 29.6 Å². The standard InChI is InChI=1S/C30H36N8O3/c1-31-29(40)26-20-24(11-13-32-26)41-23-9-10-27-25(19-23)35-30(37(27)3)34-22-7-5-21(6-8-22)28(39)33-12-4-14-38-17-15-36(2)16-18-38/h5-11,13,19-20H,4,12,14-18H2,1-3H3,(H,31,40)(H,33,39)(H,34,35). The van der Waals surface area contributed by atoms with E-state index in [0.717, 1.165) is 55.9 Å². The lowest BCUT2D eigenvalue weighted by atomic mass is 10.2. The number of rotatable bonds is 10. The lowest BCUT2D eigenvalue weighted by Gasteiger charge is -2.32. The summed E-state index contributed by atoms with van der Waals surface area (Å²) in [5.74, 6) is 1.41. The molecule has 41 heavy (non-hydrogen) atoms. The molecule has 5 rings (SSSR count). The van der Waals surface area contributed by atoms with Crippen LogP contribution in [0.1, 0.15) is 27.3 Å². The highest BCUT2D eigenvalue weighted by molar-refractivity contribution is 5.94. The molecule has 0 spiro atoms. The topological polar surface area (TPSA) is 117 Å². The molecular formula is C30H36N8O3. The number of carbonyl (C=O) groups is 2. The number of likely N-dealkylation sites (N-methyl/N-ethyl adjacent to an activating group) is 1. The maximum atomic E-state index is 12.6. The number of benzene rings is 2. The Labute approximate surface area is 239 Å². The molecule has 2 aromatic carbocycles. The number of nitrogens with one attached hydrogen (secondary N) is 3. The summed E-state index contributed by atoms with van der Waals surface area (Å²) in [6.07, 6.45) is 2.47. The van der Waals surface area contributed by atoms with Crippen LogP contribution in [-0.4, -0.2) is 89.5 Å². The Morgan fingerprint density at radius 3 is 2.44 bits per heavy atom. The number of hydrogen-bond acceptors (Lipinski definition) is 8. The SMILES string of the molecule is CNC(=O)c1cc(Oc2ccc3c(c2)nc(Nc2ccc(C(=O)NCCCN4CCN(C)CC4)cc2)n3C)ccn1. The van der Waals surface area contributed by atoms with Crippen molar-refractivity contribution in [3.05, 3.63) is 72.1 Å². The van der Waals surface area contributed by atoms with Gasteiger partial charge in [0.15, 0.2) is 0 Å². The highest BCUT2D eigenvalue weighted by atomic mass is 16.5. The third-order valence-electron chi connectivity index (χ3n) is 7.21. The number of amides is 2. The molecule has 0 radical (unpaired) electrons. The van der Waals surface area contributed by atoms with Gasteiger partial charge in [0.05, 0.1) is 11.0 Å². The average molecular weight is 557 g/mol. The molecule has 214 valence electrons. The van der Waals surface area contributed by atoms with Crippen LogP contribution in [0.25, 0.3) is 11.0 Å². The Hall–Kier alpha value is -4.48. The van der Waals surface area contributed by atoms with Gasteiger partial charge in [-0.1, -0.05) is 0 Å². The van der Waals surface area contributed by atoms with Gasteiger partial charge in [-0.3, -0.25) is 14.6 Å². The van der Waals surface area contributed by atoms with E-state index in [4.69, 9.17) is 9.72 Å². The first kappa shape index (κ1) is 28.1. The molecule has 11 nitrogen and oxygen atoms in total. The van der Waals surface area contributed by atoms with Crippen molar-refractivity contribution in [2.24, 2.45) is 7.05 Å². The molecule has 0 unspecified atom stereocenters. The van der Waals surface area contributed by atoms with Crippen molar-refractivity contribution >= 4 is 34.5 Å². The summed E-state index contributed by atoms with van der Waals surface area (Å²) in [6, 6.07) is 16.3. The Morgan fingerprint density at radius 1 is 0.927 bits per heavy atom. The Balaban J connectivity index is 1.17. The Morgan fingerprint density at radius 2 is 1.68 bits per heavy atom. The summed E-state index contributed by atoms with van der Waals surface area (Å²) < 4.78 is 7.92. The van der Waals surface area contributed by atoms with Crippen molar-refractivity contribution in [3.63, 3.8) is 0 Å². The summed E-state index contributed by atoms with van der Waals surface area (Å²) in [6.45, 7) is 6.05. The van der Waals surface area contributed by atoms with Crippen LogP contribution in [0.2, 0.25) is 0 Å². The number of hydrogen-bond donors (Lipinski definition) is 3. The van der Waals surface area contributed by atoms with Crippen molar-refractivity contribution in [1.29, 1.82) is 0 Å². The number of anilines is 2. The molecule has 3 N–H and O–H groups in total. The molecule has 11 heteroatoms. The van der Waals surface area contributed by atoms with Gasteiger partial charge in [-0.2, -0.15) is 0 Å². The summed E-state index contributed by atoms with van der Waals surface area (Å²) in [7, 11) is 5.64. The number of piperazine rings is 1. The van der Waals surface area contributed by atoms with E-state index in [2.05, 4.69) is 37.8 Å². The molecule has 0 aliphatic carbocycles. The quantitative estimate of drug-likeness (QED) is 0.255. The molecule has 0 atom stereocenters. The van der Waals surface area contributed by atoms with Crippen molar-refractivity contribution in [3.8, 4) is 11.5 Å². The van der Waals surface area contributed by atoms with Crippen molar-refractivity contribution in [2.75, 3.05) is 58.7 Å². The molecule has 1 aliphatic heterocycles. The minimum atomic E-state index is -0.281. The van der Waals surface area contributed by atoms with Crippen LogP contribution >= 0.6 is 0 Å². The van der Waals surface area contributed by atoms with Gasteiger partial charge in [0.1, 0.15) is 17.2 Å². The molecule has 2 aromatic heterocycles. The summed E-state index contributed by atoms with van der Waals surface area (Å²) in [5, 5.41) is 8.92. The van der Waals surface area contributed by atoms with Crippen molar-refractivity contribution in [2.45, 2.75) is 6.42 Å². The molecular weight excluding hydrogens is 520 g/mol. The van der Waals surface area contributed by atoms with Crippen LogP contribution < -0.4 is 20.7 Å². The zero-order chi connectivity index (χ0) is 28.8. The van der Waals surface area contributed by atoms with Crippen LogP contribution in [-0.2, 0) is 7.05 Å². The molecule has 0 saturated carbocycles. The number of imidazole rings is 1. The van der Waals surface area contributed by atoms with Gasteiger partial charge in [-0.25, -0.2) is 4.98 Å². The summed E-state index contributed by atoms with van der Waals surface area (Å²) in [5.41, 5.74) is 3.40. The first-order valence-corrected chi connectivity index (χ1v) is 13.8. The van der Waals surface area contributed by atoms with Crippen LogP contribution in [0.5, 0.6) is 11.5 Å². The van der Waals surface area contributed by atoms with Gasteiger partial charge in [0, 0.05) is 76.4 Å².